The fraction of sp³-hybridized carbons (Fsp3) is 0.923. The van der Waals surface area contributed by atoms with Crippen LogP contribution in [0.2, 0.25) is 0 Å². The molecule has 1 saturated carbocycles. The van der Waals surface area contributed by atoms with Gasteiger partial charge < -0.3 is 20.9 Å². The summed E-state index contributed by atoms with van der Waals surface area (Å²) < 4.78 is 5.58. The number of nitrogens with one attached hydrogen (secondary N) is 1. The minimum Gasteiger partial charge on any atom is -0.396 e. The maximum Gasteiger partial charge on any atom is 0.249 e. The van der Waals surface area contributed by atoms with Crippen molar-refractivity contribution in [3.63, 3.8) is 0 Å². The molecule has 2 fully saturated rings. The Labute approximate surface area is 108 Å². The summed E-state index contributed by atoms with van der Waals surface area (Å²) in [5.74, 6) is 0.172. The third-order valence-electron chi connectivity index (χ3n) is 4.13. The molecule has 0 aromatic heterocycles. The molecule has 0 radical (unpaired) electrons. The van der Waals surface area contributed by atoms with Gasteiger partial charge in [-0.1, -0.05) is 12.8 Å². The van der Waals surface area contributed by atoms with Gasteiger partial charge in [0.1, 0.15) is 6.10 Å². The van der Waals surface area contributed by atoms with Crippen LogP contribution in [-0.2, 0) is 9.53 Å². The van der Waals surface area contributed by atoms with Crippen LogP contribution in [0.3, 0.4) is 0 Å². The summed E-state index contributed by atoms with van der Waals surface area (Å²) in [5.41, 5.74) is 5.53. The van der Waals surface area contributed by atoms with E-state index in [4.69, 9.17) is 10.5 Å². The number of carbonyl (C=O) groups is 1. The van der Waals surface area contributed by atoms with Gasteiger partial charge in [-0.05, 0) is 25.7 Å². The monoisotopic (exact) mass is 256 g/mol. The first kappa shape index (κ1) is 13.8. The summed E-state index contributed by atoms with van der Waals surface area (Å²) in [6.07, 6.45) is 5.53. The quantitative estimate of drug-likeness (QED) is 0.669. The van der Waals surface area contributed by atoms with Crippen LogP contribution in [0.1, 0.15) is 38.5 Å². The van der Waals surface area contributed by atoms with Gasteiger partial charge >= 0.3 is 0 Å². The van der Waals surface area contributed by atoms with E-state index in [1.807, 2.05) is 0 Å². The Balaban J connectivity index is 1.83. The molecule has 0 spiro atoms. The molecule has 4 atom stereocenters. The largest absolute Gasteiger partial charge is 0.396 e. The molecule has 0 aromatic rings. The second kappa shape index (κ2) is 6.50. The van der Waals surface area contributed by atoms with E-state index in [-0.39, 0.29) is 36.7 Å². The van der Waals surface area contributed by atoms with Crippen LogP contribution in [0.4, 0.5) is 0 Å². The van der Waals surface area contributed by atoms with E-state index in [9.17, 15) is 9.90 Å². The molecule has 1 heterocycles. The molecule has 1 saturated heterocycles. The molecule has 4 N–H and O–H groups in total. The van der Waals surface area contributed by atoms with Gasteiger partial charge in [0.15, 0.2) is 0 Å². The Morgan fingerprint density at radius 3 is 2.72 bits per heavy atom. The summed E-state index contributed by atoms with van der Waals surface area (Å²) in [6.45, 7) is 0.633. The number of aliphatic hydroxyl groups excluding tert-OH is 1. The summed E-state index contributed by atoms with van der Waals surface area (Å²) in [4.78, 5) is 12.1. The molecular formula is C13H24N2O3. The summed E-state index contributed by atoms with van der Waals surface area (Å²) in [7, 11) is 0. The second-order valence-electron chi connectivity index (χ2n) is 5.40. The van der Waals surface area contributed by atoms with E-state index in [0.29, 0.717) is 6.54 Å². The van der Waals surface area contributed by atoms with E-state index >= 15 is 0 Å². The number of hydrogen-bond acceptors (Lipinski definition) is 4. The molecule has 1 amide bonds. The molecule has 104 valence electrons. The lowest BCUT2D eigenvalue weighted by Crippen LogP contribution is -2.47. The van der Waals surface area contributed by atoms with E-state index in [1.165, 1.54) is 0 Å². The average Bonchev–Trinajstić information content (AvgIpc) is 2.88. The second-order valence-corrected chi connectivity index (χ2v) is 5.40. The van der Waals surface area contributed by atoms with E-state index in [2.05, 4.69) is 5.32 Å². The zero-order valence-electron chi connectivity index (χ0n) is 10.8. The highest BCUT2D eigenvalue weighted by Gasteiger charge is 2.33. The lowest BCUT2D eigenvalue weighted by atomic mass is 9.85. The van der Waals surface area contributed by atoms with Crippen molar-refractivity contribution in [3.8, 4) is 0 Å². The molecule has 0 bridgehead atoms. The van der Waals surface area contributed by atoms with Crippen LogP contribution in [0.5, 0.6) is 0 Å². The van der Waals surface area contributed by atoms with Gasteiger partial charge in [-0.15, -0.1) is 0 Å². The first-order valence-electron chi connectivity index (χ1n) is 7.01. The lowest BCUT2D eigenvalue weighted by Gasteiger charge is -2.31. The summed E-state index contributed by atoms with van der Waals surface area (Å²) in [5, 5.41) is 12.4. The number of carbonyl (C=O) groups excluding carboxylic acids is 1. The summed E-state index contributed by atoms with van der Waals surface area (Å²) >= 11 is 0. The van der Waals surface area contributed by atoms with Gasteiger partial charge in [0.25, 0.3) is 0 Å². The van der Waals surface area contributed by atoms with Crippen molar-refractivity contribution < 1.29 is 14.6 Å². The maximum atomic E-state index is 12.1. The Morgan fingerprint density at radius 1 is 1.28 bits per heavy atom. The minimum absolute atomic E-state index is 0.0285. The van der Waals surface area contributed by atoms with Crippen molar-refractivity contribution in [2.75, 3.05) is 13.2 Å². The molecule has 18 heavy (non-hydrogen) atoms. The molecule has 1 aliphatic heterocycles. The number of ether oxygens (including phenoxy) is 1. The van der Waals surface area contributed by atoms with Gasteiger partial charge in [-0.25, -0.2) is 0 Å². The first-order valence-corrected chi connectivity index (χ1v) is 7.01. The number of amides is 1. The van der Waals surface area contributed by atoms with Crippen molar-refractivity contribution >= 4 is 5.91 Å². The molecule has 5 heteroatoms. The molecule has 0 aromatic carbocycles. The Morgan fingerprint density at radius 2 is 2.06 bits per heavy atom. The minimum atomic E-state index is -0.347. The van der Waals surface area contributed by atoms with Crippen molar-refractivity contribution in [3.05, 3.63) is 0 Å². The van der Waals surface area contributed by atoms with Gasteiger partial charge in [0.2, 0.25) is 5.91 Å². The van der Waals surface area contributed by atoms with Crippen LogP contribution in [0.15, 0.2) is 0 Å². The molecule has 2 rings (SSSR count). The first-order chi connectivity index (χ1) is 8.74. The topological polar surface area (TPSA) is 84.6 Å². The van der Waals surface area contributed by atoms with Gasteiger partial charge in [-0.3, -0.25) is 4.79 Å². The van der Waals surface area contributed by atoms with E-state index < -0.39 is 0 Å². The predicted octanol–water partition coefficient (Wildman–Crippen LogP) is 0.160. The normalized spacial score (nSPS) is 36.6. The summed E-state index contributed by atoms with van der Waals surface area (Å²) in [6, 6.07) is 0.108. The fourth-order valence-electron chi connectivity index (χ4n) is 2.96. The van der Waals surface area contributed by atoms with Gasteiger partial charge in [0.05, 0.1) is 6.10 Å². The van der Waals surface area contributed by atoms with Gasteiger partial charge in [0, 0.05) is 25.1 Å². The molecule has 5 nitrogen and oxygen atoms in total. The number of nitrogens with two attached hydrogens (primary N) is 1. The Kier molecular flexibility index (Phi) is 4.97. The highest BCUT2D eigenvalue weighted by Crippen LogP contribution is 2.25. The Bertz CT molecular complexity index is 285. The zero-order chi connectivity index (χ0) is 13.0. The Hall–Kier alpha value is -0.650. The molecule has 1 aliphatic carbocycles. The number of rotatable bonds is 4. The number of hydrogen-bond donors (Lipinski definition) is 3. The van der Waals surface area contributed by atoms with Crippen LogP contribution < -0.4 is 11.1 Å². The highest BCUT2D eigenvalue weighted by atomic mass is 16.5. The van der Waals surface area contributed by atoms with Gasteiger partial charge in [-0.2, -0.15) is 0 Å². The molecular weight excluding hydrogens is 232 g/mol. The van der Waals surface area contributed by atoms with Crippen LogP contribution >= 0.6 is 0 Å². The van der Waals surface area contributed by atoms with Crippen LogP contribution in [0, 0.1) is 5.92 Å². The number of aliphatic hydroxyl groups is 1. The van der Waals surface area contributed by atoms with Crippen molar-refractivity contribution in [2.45, 2.75) is 56.8 Å². The van der Waals surface area contributed by atoms with Crippen molar-refractivity contribution in [1.82, 2.24) is 5.32 Å². The van der Waals surface area contributed by atoms with E-state index in [1.54, 1.807) is 0 Å². The fourth-order valence-corrected chi connectivity index (χ4v) is 2.96. The van der Waals surface area contributed by atoms with Crippen molar-refractivity contribution in [2.24, 2.45) is 11.7 Å². The van der Waals surface area contributed by atoms with Crippen molar-refractivity contribution in [1.29, 1.82) is 0 Å². The highest BCUT2D eigenvalue weighted by molar-refractivity contribution is 5.81. The third-order valence-corrected chi connectivity index (χ3v) is 4.13. The lowest BCUT2D eigenvalue weighted by molar-refractivity contribution is -0.133. The SMILES string of the molecule is NCC1CCC(C(=O)NC2CCCCC2CO)O1. The predicted molar refractivity (Wildman–Crippen MR) is 67.9 cm³/mol. The zero-order valence-corrected chi connectivity index (χ0v) is 10.8. The average molecular weight is 256 g/mol. The standard InChI is InChI=1S/C13H24N2O3/c14-7-10-5-6-12(18-10)13(17)15-11-4-2-1-3-9(11)8-16/h9-12,16H,1-8,14H2,(H,15,17). The molecule has 2 aliphatic rings. The third kappa shape index (κ3) is 3.22. The molecule has 4 unspecified atom stereocenters. The van der Waals surface area contributed by atoms with E-state index in [0.717, 1.165) is 38.5 Å². The van der Waals surface area contributed by atoms with Crippen LogP contribution in [0.25, 0.3) is 0 Å². The smallest absolute Gasteiger partial charge is 0.249 e. The van der Waals surface area contributed by atoms with Crippen LogP contribution in [-0.4, -0.2) is 42.4 Å². The maximum absolute atomic E-state index is 12.1.